The van der Waals surface area contributed by atoms with E-state index in [2.05, 4.69) is 12.2 Å². The van der Waals surface area contributed by atoms with Crippen LogP contribution in [-0.2, 0) is 16.0 Å². The molecule has 0 bridgehead atoms. The molecule has 0 aromatic heterocycles. The van der Waals surface area contributed by atoms with E-state index in [9.17, 15) is 14.0 Å². The molecule has 1 unspecified atom stereocenters. The second-order valence-electron chi connectivity index (χ2n) is 5.96. The van der Waals surface area contributed by atoms with E-state index < -0.39 is 17.6 Å². The lowest BCUT2D eigenvalue weighted by molar-refractivity contribution is -0.129. The van der Waals surface area contributed by atoms with E-state index in [-0.39, 0.29) is 10.9 Å². The number of halogens is 2. The predicted molar refractivity (Wildman–Crippen MR) is 96.3 cm³/mol. The summed E-state index contributed by atoms with van der Waals surface area (Å²) in [5.41, 5.74) is 2.28. The quantitative estimate of drug-likeness (QED) is 0.837. The van der Waals surface area contributed by atoms with Gasteiger partial charge < -0.3 is 10.2 Å². The molecule has 0 radical (unpaired) electrons. The van der Waals surface area contributed by atoms with Crippen molar-refractivity contribution < 1.29 is 14.0 Å². The maximum absolute atomic E-state index is 13.1. The Bertz CT molecular complexity index is 808. The molecule has 130 valence electrons. The Hall–Kier alpha value is -2.40. The van der Waals surface area contributed by atoms with Gasteiger partial charge in [0.25, 0.3) is 0 Å². The van der Waals surface area contributed by atoms with Crippen LogP contribution in [0.2, 0.25) is 5.02 Å². The van der Waals surface area contributed by atoms with Gasteiger partial charge >= 0.3 is 0 Å². The topological polar surface area (TPSA) is 49.4 Å². The molecule has 1 saturated heterocycles. The molecule has 1 fully saturated rings. The number of amides is 2. The molecular formula is C19H18ClFN2O2. The fourth-order valence-electron chi connectivity index (χ4n) is 2.90. The Balaban J connectivity index is 1.71. The highest BCUT2D eigenvalue weighted by molar-refractivity contribution is 6.33. The first-order valence-electron chi connectivity index (χ1n) is 8.16. The average molecular weight is 361 g/mol. The van der Waals surface area contributed by atoms with Gasteiger partial charge in [-0.3, -0.25) is 9.59 Å². The molecule has 2 amide bonds. The lowest BCUT2D eigenvalue weighted by Crippen LogP contribution is -2.33. The summed E-state index contributed by atoms with van der Waals surface area (Å²) in [6, 6.07) is 11.5. The normalized spacial score (nSPS) is 17.0. The Labute approximate surface area is 150 Å². The number of carbonyl (C=O) groups excluding carboxylic acids is 2. The number of nitrogens with zero attached hydrogens (tertiary/aromatic N) is 1. The number of carbonyl (C=O) groups is 2. The molecule has 2 aromatic rings. The summed E-state index contributed by atoms with van der Waals surface area (Å²) >= 11 is 5.92. The van der Waals surface area contributed by atoms with E-state index >= 15 is 0 Å². The van der Waals surface area contributed by atoms with Gasteiger partial charge in [0.2, 0.25) is 11.8 Å². The number of aryl methyl sites for hydroxylation is 1. The maximum Gasteiger partial charge on any atom is 0.239 e. The summed E-state index contributed by atoms with van der Waals surface area (Å²) in [5.74, 6) is -1.92. The number of anilines is 2. The van der Waals surface area contributed by atoms with E-state index in [1.807, 2.05) is 24.3 Å². The van der Waals surface area contributed by atoms with Crippen molar-refractivity contribution in [3.8, 4) is 0 Å². The molecule has 25 heavy (non-hydrogen) atoms. The zero-order chi connectivity index (χ0) is 18.0. The Morgan fingerprint density at radius 2 is 2.00 bits per heavy atom. The van der Waals surface area contributed by atoms with Crippen LogP contribution in [0.4, 0.5) is 15.8 Å². The van der Waals surface area contributed by atoms with Crippen molar-refractivity contribution in [2.45, 2.75) is 19.8 Å². The van der Waals surface area contributed by atoms with Gasteiger partial charge in [0.15, 0.2) is 0 Å². The minimum absolute atomic E-state index is 0.103. The molecule has 1 N–H and O–H groups in total. The van der Waals surface area contributed by atoms with Crippen molar-refractivity contribution in [1.29, 1.82) is 0 Å². The Kier molecular flexibility index (Phi) is 5.04. The third-order valence-electron chi connectivity index (χ3n) is 4.37. The van der Waals surface area contributed by atoms with Gasteiger partial charge in [-0.15, -0.1) is 0 Å². The van der Waals surface area contributed by atoms with Gasteiger partial charge in [0.05, 0.1) is 10.7 Å². The van der Waals surface area contributed by atoms with Crippen LogP contribution < -0.4 is 10.2 Å². The van der Waals surface area contributed by atoms with Crippen molar-refractivity contribution in [2.75, 3.05) is 16.8 Å². The van der Waals surface area contributed by atoms with E-state index in [0.29, 0.717) is 18.7 Å². The summed E-state index contributed by atoms with van der Waals surface area (Å²) in [4.78, 5) is 26.7. The largest absolute Gasteiger partial charge is 0.324 e. The first-order valence-corrected chi connectivity index (χ1v) is 8.53. The predicted octanol–water partition coefficient (Wildman–Crippen LogP) is 4.03. The highest BCUT2D eigenvalue weighted by Crippen LogP contribution is 2.28. The molecule has 4 nitrogen and oxygen atoms in total. The standard InChI is InChI=1S/C19H18ClFN2O2/c1-2-12-3-6-14(7-4-12)23-10-9-15(19(23)25)18(24)22-17-8-5-13(21)11-16(17)20/h3-8,11,15H,2,9-10H2,1H3,(H,22,24). The van der Waals surface area contributed by atoms with Crippen LogP contribution in [-0.4, -0.2) is 18.4 Å². The van der Waals surface area contributed by atoms with Gasteiger partial charge in [-0.05, 0) is 48.7 Å². The van der Waals surface area contributed by atoms with E-state index in [1.54, 1.807) is 4.90 Å². The summed E-state index contributed by atoms with van der Waals surface area (Å²) in [6.07, 6.45) is 1.36. The lowest BCUT2D eigenvalue weighted by atomic mass is 10.1. The molecule has 3 rings (SSSR count). The summed E-state index contributed by atoms with van der Waals surface area (Å²) in [7, 11) is 0. The highest BCUT2D eigenvalue weighted by Gasteiger charge is 2.37. The van der Waals surface area contributed by atoms with Crippen molar-refractivity contribution in [3.63, 3.8) is 0 Å². The minimum atomic E-state index is -0.771. The first kappa shape index (κ1) is 17.4. The SMILES string of the molecule is CCc1ccc(N2CCC(C(=O)Nc3ccc(F)cc3Cl)C2=O)cc1. The number of benzene rings is 2. The Morgan fingerprint density at radius 1 is 1.28 bits per heavy atom. The van der Waals surface area contributed by atoms with Gasteiger partial charge in [0.1, 0.15) is 11.7 Å². The number of nitrogens with one attached hydrogen (secondary N) is 1. The molecule has 2 aromatic carbocycles. The molecule has 0 spiro atoms. The molecule has 0 saturated carbocycles. The molecular weight excluding hydrogens is 343 g/mol. The smallest absolute Gasteiger partial charge is 0.239 e. The molecule has 6 heteroatoms. The van der Waals surface area contributed by atoms with Gasteiger partial charge in [-0.25, -0.2) is 4.39 Å². The monoisotopic (exact) mass is 360 g/mol. The van der Waals surface area contributed by atoms with Crippen molar-refractivity contribution in [3.05, 3.63) is 58.9 Å². The summed E-state index contributed by atoms with van der Waals surface area (Å²) in [6.45, 7) is 2.55. The van der Waals surface area contributed by atoms with Gasteiger partial charge in [-0.2, -0.15) is 0 Å². The average Bonchev–Trinajstić information content (AvgIpc) is 2.99. The van der Waals surface area contributed by atoms with Crippen LogP contribution in [0.15, 0.2) is 42.5 Å². The van der Waals surface area contributed by atoms with Crippen molar-refractivity contribution in [2.24, 2.45) is 5.92 Å². The van der Waals surface area contributed by atoms with Crippen LogP contribution >= 0.6 is 11.6 Å². The Morgan fingerprint density at radius 3 is 2.64 bits per heavy atom. The van der Waals surface area contributed by atoms with E-state index in [4.69, 9.17) is 11.6 Å². The fourth-order valence-corrected chi connectivity index (χ4v) is 3.12. The van der Waals surface area contributed by atoms with Crippen molar-refractivity contribution >= 4 is 34.8 Å². The van der Waals surface area contributed by atoms with Crippen LogP contribution in [0.25, 0.3) is 0 Å². The van der Waals surface area contributed by atoms with Crippen LogP contribution in [0, 0.1) is 11.7 Å². The van der Waals surface area contributed by atoms with Gasteiger partial charge in [0, 0.05) is 12.2 Å². The molecule has 1 heterocycles. The highest BCUT2D eigenvalue weighted by atomic mass is 35.5. The molecule has 1 atom stereocenters. The molecule has 1 aliphatic rings. The van der Waals surface area contributed by atoms with Crippen LogP contribution in [0.5, 0.6) is 0 Å². The zero-order valence-electron chi connectivity index (χ0n) is 13.8. The first-order chi connectivity index (χ1) is 12.0. The summed E-state index contributed by atoms with van der Waals surface area (Å²) < 4.78 is 13.1. The van der Waals surface area contributed by atoms with Crippen LogP contribution in [0.1, 0.15) is 18.9 Å². The van der Waals surface area contributed by atoms with Crippen LogP contribution in [0.3, 0.4) is 0 Å². The van der Waals surface area contributed by atoms with Gasteiger partial charge in [-0.1, -0.05) is 30.7 Å². The third kappa shape index (κ3) is 3.66. The number of hydrogen-bond donors (Lipinski definition) is 1. The number of rotatable bonds is 4. The molecule has 1 aliphatic heterocycles. The maximum atomic E-state index is 13.1. The van der Waals surface area contributed by atoms with E-state index in [0.717, 1.165) is 18.2 Å². The third-order valence-corrected chi connectivity index (χ3v) is 4.68. The lowest BCUT2D eigenvalue weighted by Gasteiger charge is -2.17. The minimum Gasteiger partial charge on any atom is -0.324 e. The summed E-state index contributed by atoms with van der Waals surface area (Å²) in [5, 5.41) is 2.72. The van der Waals surface area contributed by atoms with Crippen molar-refractivity contribution in [1.82, 2.24) is 0 Å². The number of hydrogen-bond acceptors (Lipinski definition) is 2. The molecule has 0 aliphatic carbocycles. The second-order valence-corrected chi connectivity index (χ2v) is 6.37. The fraction of sp³-hybridized carbons (Fsp3) is 0.263. The second kappa shape index (κ2) is 7.23. The zero-order valence-corrected chi connectivity index (χ0v) is 14.5. The van der Waals surface area contributed by atoms with E-state index in [1.165, 1.54) is 17.7 Å².